The maximum absolute atomic E-state index is 13.7. The number of ketones is 1. The van der Waals surface area contributed by atoms with Crippen LogP contribution in [0.4, 0.5) is 0 Å². The second kappa shape index (κ2) is 22.0. The summed E-state index contributed by atoms with van der Waals surface area (Å²) in [5.74, 6) is -2.70. The smallest absolute Gasteiger partial charge is 0.308 e. The lowest BCUT2D eigenvalue weighted by Gasteiger charge is -2.46. The summed E-state index contributed by atoms with van der Waals surface area (Å²) < 4.78 is 20.4. The molecule has 0 saturated carbocycles. The first kappa shape index (κ1) is 48.3. The molecule has 0 bridgehead atoms. The quantitative estimate of drug-likeness (QED) is 0.153. The van der Waals surface area contributed by atoms with Gasteiger partial charge < -0.3 is 44.9 Å². The van der Waals surface area contributed by atoms with E-state index in [2.05, 4.69) is 60.7 Å². The van der Waals surface area contributed by atoms with Gasteiger partial charge in [-0.1, -0.05) is 88.7 Å². The van der Waals surface area contributed by atoms with Crippen molar-refractivity contribution < 1.29 is 44.2 Å². The molecule has 2 aromatic rings. The summed E-state index contributed by atoms with van der Waals surface area (Å²) in [6.07, 6.45) is 1.24. The van der Waals surface area contributed by atoms with Crippen molar-refractivity contribution in [1.82, 2.24) is 25.2 Å². The monoisotopic (exact) mass is 826 g/mol. The highest BCUT2D eigenvalue weighted by atomic mass is 16.7. The van der Waals surface area contributed by atoms with Crippen molar-refractivity contribution in [2.45, 2.75) is 142 Å². The standard InChI is InChI=1S/C45H71N5O9/c1-11-38-33(26-51)22-27(2)12-17-36(52)28(3)23-32(18-19-46-20-21-50-25-35(47-48-50)31-13-15-34(16-14-31)45(6,7)8)43(29(4)37(53)24-39(54)58-38)59-44-42(56)40(49(9)10)41(55)30(5)57-44/h12-17,22,25,28-30,32-33,37-38,40-44,46,51,53,55-56H,11,18-21,23-24,26H2,1-10H3/b17-12+,27-22+/t28-,29+,30-,32+,33-,37-,38-,40?,41-,42?,43-,44+/m1/s1. The molecule has 1 saturated heterocycles. The number of rotatable bonds is 12. The van der Waals surface area contributed by atoms with E-state index in [-0.39, 0.29) is 30.1 Å². The molecule has 2 unspecified atom stereocenters. The van der Waals surface area contributed by atoms with Crippen LogP contribution in [0.2, 0.25) is 0 Å². The van der Waals surface area contributed by atoms with E-state index < -0.39 is 72.7 Å². The minimum atomic E-state index is -1.24. The predicted octanol–water partition coefficient (Wildman–Crippen LogP) is 4.05. The first-order valence-electron chi connectivity index (χ1n) is 21.3. The number of hydrogen-bond donors (Lipinski definition) is 5. The molecule has 1 fully saturated rings. The molecule has 12 atom stereocenters. The van der Waals surface area contributed by atoms with E-state index in [1.54, 1.807) is 49.7 Å². The number of nitrogens with zero attached hydrogens (tertiary/aromatic N) is 4. The number of allylic oxidation sites excluding steroid dienone is 3. The molecular weight excluding hydrogens is 755 g/mol. The van der Waals surface area contributed by atoms with Crippen molar-refractivity contribution in [1.29, 1.82) is 0 Å². The van der Waals surface area contributed by atoms with Gasteiger partial charge in [0, 0.05) is 29.9 Å². The molecule has 330 valence electrons. The average Bonchev–Trinajstić information content (AvgIpc) is 3.66. The molecular formula is C45H71N5O9. The first-order chi connectivity index (χ1) is 27.8. The van der Waals surface area contributed by atoms with Crippen molar-refractivity contribution >= 4 is 11.8 Å². The van der Waals surface area contributed by atoms with Gasteiger partial charge in [0.2, 0.25) is 0 Å². The van der Waals surface area contributed by atoms with Gasteiger partial charge in [0.1, 0.15) is 17.9 Å². The van der Waals surface area contributed by atoms with E-state index in [9.17, 15) is 30.0 Å². The fourth-order valence-electron chi connectivity index (χ4n) is 8.14. The summed E-state index contributed by atoms with van der Waals surface area (Å²) in [6.45, 7) is 17.0. The molecule has 5 N–H and O–H groups in total. The highest BCUT2D eigenvalue weighted by Crippen LogP contribution is 2.35. The van der Waals surface area contributed by atoms with Crippen LogP contribution in [0.5, 0.6) is 0 Å². The van der Waals surface area contributed by atoms with Crippen LogP contribution in [-0.4, -0.2) is 135 Å². The van der Waals surface area contributed by atoms with Gasteiger partial charge in [-0.05, 0) is 76.7 Å². The van der Waals surface area contributed by atoms with Crippen molar-refractivity contribution in [3.8, 4) is 11.3 Å². The number of aliphatic hydroxyl groups is 4. The van der Waals surface area contributed by atoms with Gasteiger partial charge in [0.15, 0.2) is 12.1 Å². The molecule has 4 rings (SSSR count). The third-order valence-electron chi connectivity index (χ3n) is 12.0. The van der Waals surface area contributed by atoms with Gasteiger partial charge >= 0.3 is 5.97 Å². The van der Waals surface area contributed by atoms with Gasteiger partial charge in [-0.25, -0.2) is 0 Å². The van der Waals surface area contributed by atoms with Crippen LogP contribution in [0, 0.1) is 23.7 Å². The zero-order valence-electron chi connectivity index (χ0n) is 36.8. The maximum atomic E-state index is 13.7. The highest BCUT2D eigenvalue weighted by molar-refractivity contribution is 5.91. The molecule has 2 aliphatic rings. The first-order valence-corrected chi connectivity index (χ1v) is 21.3. The van der Waals surface area contributed by atoms with Crippen molar-refractivity contribution in [3.63, 3.8) is 0 Å². The van der Waals surface area contributed by atoms with Gasteiger partial charge in [-0.2, -0.15) is 0 Å². The molecule has 0 aliphatic carbocycles. The van der Waals surface area contributed by atoms with E-state index in [0.29, 0.717) is 38.9 Å². The number of esters is 1. The predicted molar refractivity (Wildman–Crippen MR) is 226 cm³/mol. The normalized spacial score (nSPS) is 33.4. The molecule has 1 aromatic heterocycles. The van der Waals surface area contributed by atoms with Crippen LogP contribution in [0.3, 0.4) is 0 Å². The molecule has 0 amide bonds. The van der Waals surface area contributed by atoms with Crippen LogP contribution in [0.25, 0.3) is 11.3 Å². The average molecular weight is 826 g/mol. The molecule has 2 aliphatic heterocycles. The third-order valence-corrected chi connectivity index (χ3v) is 12.0. The molecule has 59 heavy (non-hydrogen) atoms. The summed E-state index contributed by atoms with van der Waals surface area (Å²) in [5.41, 5.74) is 3.82. The van der Waals surface area contributed by atoms with Gasteiger partial charge in [0.25, 0.3) is 0 Å². The molecule has 14 nitrogen and oxygen atoms in total. The Balaban J connectivity index is 1.58. The molecule has 14 heteroatoms. The van der Waals surface area contributed by atoms with Crippen LogP contribution in [0.1, 0.15) is 86.6 Å². The van der Waals surface area contributed by atoms with Crippen molar-refractivity contribution in [3.05, 3.63) is 59.8 Å². The molecule has 3 heterocycles. The Morgan fingerprint density at radius 2 is 1.71 bits per heavy atom. The summed E-state index contributed by atoms with van der Waals surface area (Å²) in [7, 11) is 3.52. The molecule has 0 radical (unpaired) electrons. The Kier molecular flexibility index (Phi) is 18.0. The lowest BCUT2D eigenvalue weighted by Crippen LogP contribution is -2.63. The second-order valence-electron chi connectivity index (χ2n) is 17.9. The van der Waals surface area contributed by atoms with Crippen LogP contribution in [-0.2, 0) is 35.8 Å². The SMILES string of the molecule is CC[C@H]1OC(=O)C[C@@H](O)[C@H](C)[C@@H](O[C@@H]2O[C@H](C)[C@@H](O)C(N(C)C)C2O)[C@@H](CCNCCn2cc(-c3ccc(C(C)(C)C)cc3)nn2)C[C@@H](C)C(=O)/C=C/C(C)=C/[C@@H]1CO. The fourth-order valence-corrected chi connectivity index (χ4v) is 8.14. The third kappa shape index (κ3) is 13.3. The fraction of sp³-hybridized carbons (Fsp3) is 0.689. The molecule has 0 spiro atoms. The number of cyclic esters (lactones) is 1. The van der Waals surface area contributed by atoms with E-state index in [4.69, 9.17) is 14.2 Å². The topological polar surface area (TPSA) is 189 Å². The van der Waals surface area contributed by atoms with Crippen molar-refractivity contribution in [2.24, 2.45) is 23.7 Å². The summed E-state index contributed by atoms with van der Waals surface area (Å²) >= 11 is 0. The van der Waals surface area contributed by atoms with Crippen molar-refractivity contribution in [2.75, 3.05) is 33.8 Å². The number of carbonyl (C=O) groups is 2. The molecule has 1 aromatic carbocycles. The largest absolute Gasteiger partial charge is 0.462 e. The Morgan fingerprint density at radius 3 is 2.34 bits per heavy atom. The number of benzene rings is 1. The van der Waals surface area contributed by atoms with Gasteiger partial charge in [-0.15, -0.1) is 5.10 Å². The van der Waals surface area contributed by atoms with E-state index in [1.165, 1.54) is 11.6 Å². The highest BCUT2D eigenvalue weighted by Gasteiger charge is 2.47. The summed E-state index contributed by atoms with van der Waals surface area (Å²) in [4.78, 5) is 28.7. The van der Waals surface area contributed by atoms with Gasteiger partial charge in [0.05, 0.1) is 56.2 Å². The number of nitrogens with one attached hydrogen (secondary N) is 1. The number of aliphatic hydroxyl groups excluding tert-OH is 4. The number of ether oxygens (including phenoxy) is 3. The zero-order chi connectivity index (χ0) is 43.6. The lowest BCUT2D eigenvalue weighted by molar-refractivity contribution is -0.304. The van der Waals surface area contributed by atoms with Gasteiger partial charge in [-0.3, -0.25) is 14.3 Å². The Labute approximate surface area is 351 Å². The Hall–Kier alpha value is -3.34. The number of likely N-dealkylation sites (N-methyl/N-ethyl adjacent to an activating group) is 1. The zero-order valence-corrected chi connectivity index (χ0v) is 36.8. The van der Waals surface area contributed by atoms with E-state index in [1.807, 2.05) is 27.0 Å². The minimum Gasteiger partial charge on any atom is -0.462 e. The summed E-state index contributed by atoms with van der Waals surface area (Å²) in [6, 6.07) is 7.68. The number of hydrogen-bond acceptors (Lipinski definition) is 13. The van der Waals surface area contributed by atoms with E-state index >= 15 is 0 Å². The Morgan fingerprint density at radius 1 is 1.02 bits per heavy atom. The second-order valence-corrected chi connectivity index (χ2v) is 17.9. The van der Waals surface area contributed by atoms with Crippen LogP contribution < -0.4 is 5.32 Å². The number of aromatic nitrogens is 3. The minimum absolute atomic E-state index is 0.0538. The lowest BCUT2D eigenvalue weighted by atomic mass is 9.79. The van der Waals surface area contributed by atoms with E-state index in [0.717, 1.165) is 16.8 Å². The van der Waals surface area contributed by atoms with Crippen LogP contribution in [0.15, 0.2) is 54.3 Å². The number of carbonyl (C=O) groups excluding carboxylic acids is 2. The summed E-state index contributed by atoms with van der Waals surface area (Å²) in [5, 5.41) is 56.5. The maximum Gasteiger partial charge on any atom is 0.308 e. The van der Waals surface area contributed by atoms with Crippen LogP contribution >= 0.6 is 0 Å². The Bertz CT molecular complexity index is 1690.